The number of phenols is 1. The van der Waals surface area contributed by atoms with E-state index < -0.39 is 27.6 Å². The number of ether oxygens (including phenoxy) is 1. The SMILES string of the molecule is COc1cccc(-c2cccc(S(=O)(=O)Nc3ccc(C(=O)O)c(O)c3)c2)c1F. The molecule has 0 fully saturated rings. The summed E-state index contributed by atoms with van der Waals surface area (Å²) in [7, 11) is -2.75. The summed E-state index contributed by atoms with van der Waals surface area (Å²) < 4.78 is 47.1. The van der Waals surface area contributed by atoms with Gasteiger partial charge in [-0.3, -0.25) is 4.72 Å². The van der Waals surface area contributed by atoms with Crippen LogP contribution in [-0.4, -0.2) is 31.7 Å². The molecule has 0 amide bonds. The normalized spacial score (nSPS) is 11.1. The second-order valence-electron chi connectivity index (χ2n) is 5.99. The van der Waals surface area contributed by atoms with Crippen molar-refractivity contribution in [3.8, 4) is 22.6 Å². The van der Waals surface area contributed by atoms with Crippen molar-refractivity contribution in [1.29, 1.82) is 0 Å². The van der Waals surface area contributed by atoms with Crippen molar-refractivity contribution in [2.24, 2.45) is 0 Å². The van der Waals surface area contributed by atoms with Crippen molar-refractivity contribution in [3.05, 3.63) is 72.0 Å². The predicted octanol–water partition coefficient (Wildman–Crippen LogP) is 3.71. The molecule has 0 aliphatic rings. The van der Waals surface area contributed by atoms with Gasteiger partial charge in [0.2, 0.25) is 0 Å². The molecule has 29 heavy (non-hydrogen) atoms. The van der Waals surface area contributed by atoms with Gasteiger partial charge in [-0.2, -0.15) is 0 Å². The number of rotatable bonds is 6. The number of sulfonamides is 1. The summed E-state index contributed by atoms with van der Waals surface area (Å²) in [6.45, 7) is 0. The third kappa shape index (κ3) is 4.14. The second-order valence-corrected chi connectivity index (χ2v) is 7.67. The van der Waals surface area contributed by atoms with Crippen molar-refractivity contribution in [1.82, 2.24) is 0 Å². The minimum atomic E-state index is -4.08. The number of aromatic carboxylic acids is 1. The first-order valence-electron chi connectivity index (χ1n) is 8.25. The molecule has 3 aromatic rings. The van der Waals surface area contributed by atoms with Crippen LogP contribution in [0.4, 0.5) is 10.1 Å². The Hall–Kier alpha value is -3.59. The van der Waals surface area contributed by atoms with Gasteiger partial charge in [0.15, 0.2) is 11.6 Å². The third-order valence-electron chi connectivity index (χ3n) is 4.12. The minimum Gasteiger partial charge on any atom is -0.507 e. The number of nitrogens with one attached hydrogen (secondary N) is 1. The van der Waals surface area contributed by atoms with Gasteiger partial charge >= 0.3 is 5.97 Å². The van der Waals surface area contributed by atoms with Crippen LogP contribution >= 0.6 is 0 Å². The van der Waals surface area contributed by atoms with E-state index in [1.54, 1.807) is 12.1 Å². The zero-order valence-electron chi connectivity index (χ0n) is 15.1. The lowest BCUT2D eigenvalue weighted by molar-refractivity contribution is 0.0693. The first-order valence-corrected chi connectivity index (χ1v) is 9.73. The average Bonchev–Trinajstić information content (AvgIpc) is 2.68. The van der Waals surface area contributed by atoms with Gasteiger partial charge in [-0.05, 0) is 35.9 Å². The van der Waals surface area contributed by atoms with Gasteiger partial charge in [0, 0.05) is 11.6 Å². The van der Waals surface area contributed by atoms with Crippen molar-refractivity contribution in [2.45, 2.75) is 4.90 Å². The number of carboxylic acids is 1. The van der Waals surface area contributed by atoms with Crippen LogP contribution in [0.25, 0.3) is 11.1 Å². The fraction of sp³-hybridized carbons (Fsp3) is 0.0500. The Morgan fingerprint density at radius 1 is 1.07 bits per heavy atom. The number of halogens is 1. The van der Waals surface area contributed by atoms with Crippen molar-refractivity contribution in [2.75, 3.05) is 11.8 Å². The lowest BCUT2D eigenvalue weighted by atomic mass is 10.0. The number of anilines is 1. The van der Waals surface area contributed by atoms with Crippen LogP contribution in [0, 0.1) is 5.82 Å². The summed E-state index contributed by atoms with van der Waals surface area (Å²) in [5.74, 6) is -2.51. The van der Waals surface area contributed by atoms with Crippen LogP contribution in [0.1, 0.15) is 10.4 Å². The molecule has 0 unspecified atom stereocenters. The third-order valence-corrected chi connectivity index (χ3v) is 5.50. The summed E-state index contributed by atoms with van der Waals surface area (Å²) in [6, 6.07) is 13.5. The molecule has 7 nitrogen and oxygen atoms in total. The maximum atomic E-state index is 14.5. The maximum Gasteiger partial charge on any atom is 0.339 e. The van der Waals surface area contributed by atoms with Crippen LogP contribution in [-0.2, 0) is 10.0 Å². The van der Waals surface area contributed by atoms with Gasteiger partial charge in [0.05, 0.1) is 17.7 Å². The van der Waals surface area contributed by atoms with Crippen molar-refractivity contribution in [3.63, 3.8) is 0 Å². The lowest BCUT2D eigenvalue weighted by Gasteiger charge is -2.12. The summed E-state index contributed by atoms with van der Waals surface area (Å²) in [6.07, 6.45) is 0. The molecule has 0 saturated carbocycles. The van der Waals surface area contributed by atoms with Gasteiger partial charge in [0.1, 0.15) is 11.3 Å². The summed E-state index contributed by atoms with van der Waals surface area (Å²) in [4.78, 5) is 10.8. The Bertz CT molecular complexity index is 1190. The van der Waals surface area contributed by atoms with Crippen molar-refractivity contribution < 1.29 is 32.6 Å². The van der Waals surface area contributed by atoms with Gasteiger partial charge in [-0.1, -0.05) is 24.3 Å². The van der Waals surface area contributed by atoms with E-state index in [2.05, 4.69) is 4.72 Å². The highest BCUT2D eigenvalue weighted by Gasteiger charge is 2.18. The zero-order valence-corrected chi connectivity index (χ0v) is 15.9. The molecular formula is C20H16FNO6S. The molecule has 3 rings (SSSR count). The highest BCUT2D eigenvalue weighted by atomic mass is 32.2. The van der Waals surface area contributed by atoms with E-state index in [4.69, 9.17) is 9.84 Å². The molecule has 0 bridgehead atoms. The van der Waals surface area contributed by atoms with Crippen LogP contribution in [0.3, 0.4) is 0 Å². The van der Waals surface area contributed by atoms with Crippen LogP contribution in [0.5, 0.6) is 11.5 Å². The van der Waals surface area contributed by atoms with Gasteiger partial charge in [-0.15, -0.1) is 0 Å². The Morgan fingerprint density at radius 2 is 1.79 bits per heavy atom. The molecule has 0 radical (unpaired) electrons. The molecular weight excluding hydrogens is 401 g/mol. The molecule has 0 spiro atoms. The standard InChI is InChI=1S/C20H16FNO6S/c1-28-18-7-3-6-15(19(18)21)12-4-2-5-14(10-12)29(26,27)22-13-8-9-16(20(24)25)17(23)11-13/h2-11,22-23H,1H3,(H,24,25). The largest absolute Gasteiger partial charge is 0.507 e. The zero-order chi connectivity index (χ0) is 21.2. The Morgan fingerprint density at radius 3 is 2.45 bits per heavy atom. The number of methoxy groups -OCH3 is 1. The van der Waals surface area contributed by atoms with E-state index in [-0.39, 0.29) is 27.5 Å². The molecule has 0 aliphatic carbocycles. The summed E-state index contributed by atoms with van der Waals surface area (Å²) >= 11 is 0. The monoisotopic (exact) mass is 417 g/mol. The lowest BCUT2D eigenvalue weighted by Crippen LogP contribution is -2.13. The van der Waals surface area contributed by atoms with E-state index in [0.29, 0.717) is 5.56 Å². The molecule has 0 atom stereocenters. The topological polar surface area (TPSA) is 113 Å². The quantitative estimate of drug-likeness (QED) is 0.564. The smallest absolute Gasteiger partial charge is 0.339 e. The molecule has 3 aromatic carbocycles. The van der Waals surface area contributed by atoms with Gasteiger partial charge in [0.25, 0.3) is 10.0 Å². The molecule has 0 aromatic heterocycles. The number of carboxylic acid groups (broad SMARTS) is 1. The number of aromatic hydroxyl groups is 1. The first-order chi connectivity index (χ1) is 13.7. The number of carbonyl (C=O) groups is 1. The fourth-order valence-electron chi connectivity index (χ4n) is 2.71. The minimum absolute atomic E-state index is 0.0227. The van der Waals surface area contributed by atoms with Crippen LogP contribution in [0.15, 0.2) is 65.6 Å². The van der Waals surface area contributed by atoms with E-state index in [9.17, 15) is 22.7 Å². The van der Waals surface area contributed by atoms with Crippen LogP contribution in [0.2, 0.25) is 0 Å². The molecule has 9 heteroatoms. The maximum absolute atomic E-state index is 14.5. The van der Waals surface area contributed by atoms with E-state index in [1.165, 1.54) is 43.5 Å². The molecule has 0 heterocycles. The predicted molar refractivity (Wildman–Crippen MR) is 104 cm³/mol. The summed E-state index contributed by atoms with van der Waals surface area (Å²) in [5.41, 5.74) is 0.118. The Labute approximate surface area is 166 Å². The number of benzene rings is 3. The number of hydrogen-bond acceptors (Lipinski definition) is 5. The highest BCUT2D eigenvalue weighted by Crippen LogP contribution is 2.31. The molecule has 3 N–H and O–H groups in total. The molecule has 0 aliphatic heterocycles. The molecule has 150 valence electrons. The molecule has 0 saturated heterocycles. The summed E-state index contributed by atoms with van der Waals surface area (Å²) in [5, 5.41) is 18.7. The van der Waals surface area contributed by atoms with Gasteiger partial charge in [-0.25, -0.2) is 17.6 Å². The second kappa shape index (κ2) is 7.80. The average molecular weight is 417 g/mol. The highest BCUT2D eigenvalue weighted by molar-refractivity contribution is 7.92. The fourth-order valence-corrected chi connectivity index (χ4v) is 3.81. The van der Waals surface area contributed by atoms with E-state index >= 15 is 0 Å². The van der Waals surface area contributed by atoms with Gasteiger partial charge < -0.3 is 14.9 Å². The van der Waals surface area contributed by atoms with E-state index in [1.807, 2.05) is 0 Å². The van der Waals surface area contributed by atoms with E-state index in [0.717, 1.165) is 12.1 Å². The Kier molecular flexibility index (Phi) is 5.42. The van der Waals surface area contributed by atoms with Crippen molar-refractivity contribution >= 4 is 21.7 Å². The van der Waals surface area contributed by atoms with Crippen LogP contribution < -0.4 is 9.46 Å². The number of hydrogen-bond donors (Lipinski definition) is 3. The first kappa shape index (κ1) is 20.2. The Balaban J connectivity index is 1.96.